The highest BCUT2D eigenvalue weighted by molar-refractivity contribution is 7.91. The van der Waals surface area contributed by atoms with Gasteiger partial charge in [0.15, 0.2) is 9.84 Å². The predicted molar refractivity (Wildman–Crippen MR) is 97.5 cm³/mol. The van der Waals surface area contributed by atoms with Gasteiger partial charge in [0.1, 0.15) is 11.4 Å². The number of hydrogen-bond donors (Lipinski definition) is 0. The first-order valence-corrected chi connectivity index (χ1v) is 11.0. The van der Waals surface area contributed by atoms with Crippen LogP contribution < -0.4 is 5.56 Å². The van der Waals surface area contributed by atoms with Crippen molar-refractivity contribution in [3.8, 4) is 0 Å². The first-order chi connectivity index (χ1) is 11.8. The van der Waals surface area contributed by atoms with Crippen LogP contribution in [0.1, 0.15) is 26.7 Å². The lowest BCUT2D eigenvalue weighted by atomic mass is 10.1. The molecule has 3 heterocycles. The van der Waals surface area contributed by atoms with Crippen molar-refractivity contribution in [3.05, 3.63) is 28.1 Å². The van der Waals surface area contributed by atoms with E-state index in [1.807, 2.05) is 13.8 Å². The third-order valence-electron chi connectivity index (χ3n) is 4.71. The van der Waals surface area contributed by atoms with Crippen molar-refractivity contribution in [2.45, 2.75) is 45.3 Å². The van der Waals surface area contributed by atoms with Crippen molar-refractivity contribution in [3.63, 3.8) is 0 Å². The lowest BCUT2D eigenvalue weighted by Gasteiger charge is -2.33. The van der Waals surface area contributed by atoms with E-state index < -0.39 is 9.84 Å². The lowest BCUT2D eigenvalue weighted by Crippen LogP contribution is -2.48. The van der Waals surface area contributed by atoms with E-state index in [0.717, 1.165) is 6.42 Å². The van der Waals surface area contributed by atoms with Crippen LogP contribution in [0.3, 0.4) is 0 Å². The average molecular weight is 383 g/mol. The Bertz CT molecular complexity index is 948. The summed E-state index contributed by atoms with van der Waals surface area (Å²) in [7, 11) is -3.09. The summed E-state index contributed by atoms with van der Waals surface area (Å²) in [4.78, 5) is 31.9. The molecule has 25 heavy (non-hydrogen) atoms. The van der Waals surface area contributed by atoms with Crippen LogP contribution in [0.15, 0.2) is 22.6 Å². The van der Waals surface area contributed by atoms with Gasteiger partial charge in [0.2, 0.25) is 5.91 Å². The Kier molecular flexibility index (Phi) is 4.97. The molecule has 9 heteroatoms. The van der Waals surface area contributed by atoms with Crippen LogP contribution in [-0.2, 0) is 21.2 Å². The van der Waals surface area contributed by atoms with Gasteiger partial charge in [-0.25, -0.2) is 13.4 Å². The van der Waals surface area contributed by atoms with Gasteiger partial charge in [0.25, 0.3) is 5.56 Å². The fourth-order valence-electron chi connectivity index (χ4n) is 3.23. The third kappa shape index (κ3) is 3.62. The van der Waals surface area contributed by atoms with Crippen LogP contribution in [0.25, 0.3) is 10.2 Å². The topological polar surface area (TPSA) is 89.3 Å². The molecule has 1 amide bonds. The van der Waals surface area contributed by atoms with Crippen molar-refractivity contribution >= 4 is 37.3 Å². The molecule has 1 aliphatic heterocycles. The summed E-state index contributed by atoms with van der Waals surface area (Å²) in [6.07, 6.45) is 2.56. The van der Waals surface area contributed by atoms with E-state index in [-0.39, 0.29) is 41.6 Å². The quantitative estimate of drug-likeness (QED) is 0.776. The highest BCUT2D eigenvalue weighted by atomic mass is 32.2. The zero-order valence-corrected chi connectivity index (χ0v) is 15.8. The van der Waals surface area contributed by atoms with Crippen LogP contribution >= 0.6 is 11.3 Å². The van der Waals surface area contributed by atoms with Crippen molar-refractivity contribution in [1.29, 1.82) is 0 Å². The first kappa shape index (κ1) is 18.1. The van der Waals surface area contributed by atoms with E-state index in [9.17, 15) is 18.0 Å². The van der Waals surface area contributed by atoms with E-state index in [1.165, 1.54) is 22.2 Å². The van der Waals surface area contributed by atoms with Gasteiger partial charge in [-0.1, -0.05) is 6.92 Å². The Morgan fingerprint density at radius 2 is 2.28 bits per heavy atom. The molecule has 0 bridgehead atoms. The Labute approximate surface area is 150 Å². The minimum atomic E-state index is -3.09. The van der Waals surface area contributed by atoms with Gasteiger partial charge in [-0.05, 0) is 31.2 Å². The van der Waals surface area contributed by atoms with Crippen molar-refractivity contribution in [1.82, 2.24) is 14.5 Å². The Morgan fingerprint density at radius 1 is 1.52 bits per heavy atom. The highest BCUT2D eigenvalue weighted by Gasteiger charge is 2.36. The number of amides is 1. The van der Waals surface area contributed by atoms with Crippen molar-refractivity contribution < 1.29 is 13.2 Å². The standard InChI is InChI=1S/C16H21N3O4S2/c1-3-11(2)19(12-5-7-25(22,23)9-12)14(20)8-18-10-17-15-13(16(18)21)4-6-24-15/h4,6,10-12H,3,5,7-9H2,1-2H3/t11-,12-/m0/s1. The zero-order chi connectivity index (χ0) is 18.2. The number of nitrogens with zero attached hydrogens (tertiary/aromatic N) is 3. The van der Waals surface area contributed by atoms with Crippen LogP contribution in [0.5, 0.6) is 0 Å². The van der Waals surface area contributed by atoms with Gasteiger partial charge in [-0.3, -0.25) is 14.2 Å². The number of hydrogen-bond acceptors (Lipinski definition) is 6. The molecule has 0 unspecified atom stereocenters. The van der Waals surface area contributed by atoms with E-state index >= 15 is 0 Å². The van der Waals surface area contributed by atoms with Crippen molar-refractivity contribution in [2.24, 2.45) is 0 Å². The first-order valence-electron chi connectivity index (χ1n) is 8.26. The summed E-state index contributed by atoms with van der Waals surface area (Å²) in [6, 6.07) is 1.30. The molecule has 7 nitrogen and oxygen atoms in total. The summed E-state index contributed by atoms with van der Waals surface area (Å²) in [5, 5.41) is 2.29. The lowest BCUT2D eigenvalue weighted by molar-refractivity contribution is -0.136. The molecule has 2 aromatic heterocycles. The molecule has 1 fully saturated rings. The Balaban J connectivity index is 1.87. The summed E-state index contributed by atoms with van der Waals surface area (Å²) in [5.41, 5.74) is -0.247. The molecule has 0 N–H and O–H groups in total. The molecule has 0 spiro atoms. The number of fused-ring (bicyclic) bond motifs is 1. The number of carbonyl (C=O) groups is 1. The molecule has 3 rings (SSSR count). The maximum atomic E-state index is 12.9. The summed E-state index contributed by atoms with van der Waals surface area (Å²) < 4.78 is 24.9. The van der Waals surface area contributed by atoms with Gasteiger partial charge < -0.3 is 4.90 Å². The van der Waals surface area contributed by atoms with Crippen LogP contribution in [0.2, 0.25) is 0 Å². The third-order valence-corrected chi connectivity index (χ3v) is 7.28. The van der Waals surface area contributed by atoms with E-state index in [1.54, 1.807) is 16.3 Å². The van der Waals surface area contributed by atoms with Crippen LogP contribution in [-0.4, -0.2) is 52.4 Å². The number of sulfone groups is 1. The molecule has 1 aliphatic rings. The van der Waals surface area contributed by atoms with E-state index in [2.05, 4.69) is 4.98 Å². The average Bonchev–Trinajstić information content (AvgIpc) is 3.17. The predicted octanol–water partition coefficient (Wildman–Crippen LogP) is 1.27. The Morgan fingerprint density at radius 3 is 2.92 bits per heavy atom. The monoisotopic (exact) mass is 383 g/mol. The normalized spacial score (nSPS) is 20.6. The maximum absolute atomic E-state index is 12.9. The number of aromatic nitrogens is 2. The molecule has 0 aliphatic carbocycles. The Hall–Kier alpha value is -1.74. The highest BCUT2D eigenvalue weighted by Crippen LogP contribution is 2.22. The van der Waals surface area contributed by atoms with E-state index in [0.29, 0.717) is 16.6 Å². The minimum Gasteiger partial charge on any atom is -0.334 e. The van der Waals surface area contributed by atoms with Crippen LogP contribution in [0.4, 0.5) is 0 Å². The summed E-state index contributed by atoms with van der Waals surface area (Å²) in [5.74, 6) is -0.130. The van der Waals surface area contributed by atoms with Gasteiger partial charge in [0.05, 0.1) is 23.2 Å². The minimum absolute atomic E-state index is 0.000204. The molecule has 0 radical (unpaired) electrons. The second-order valence-corrected chi connectivity index (χ2v) is 9.56. The molecule has 0 aromatic carbocycles. The van der Waals surface area contributed by atoms with Gasteiger partial charge in [-0.2, -0.15) is 0 Å². The molecule has 0 saturated carbocycles. The molecular formula is C16H21N3O4S2. The zero-order valence-electron chi connectivity index (χ0n) is 14.2. The smallest absolute Gasteiger partial charge is 0.262 e. The second kappa shape index (κ2) is 6.87. The van der Waals surface area contributed by atoms with Gasteiger partial charge in [0, 0.05) is 12.1 Å². The molecular weight excluding hydrogens is 362 g/mol. The van der Waals surface area contributed by atoms with Crippen molar-refractivity contribution in [2.75, 3.05) is 11.5 Å². The largest absolute Gasteiger partial charge is 0.334 e. The van der Waals surface area contributed by atoms with Crippen LogP contribution in [0, 0.1) is 0 Å². The number of carbonyl (C=O) groups excluding carboxylic acids is 1. The molecule has 2 atom stereocenters. The van der Waals surface area contributed by atoms with E-state index in [4.69, 9.17) is 0 Å². The van der Waals surface area contributed by atoms with Gasteiger partial charge in [-0.15, -0.1) is 11.3 Å². The maximum Gasteiger partial charge on any atom is 0.262 e. The SMILES string of the molecule is CC[C@H](C)N(C(=O)Cn1cnc2sccc2c1=O)[C@H]1CCS(=O)(=O)C1. The second-order valence-electron chi connectivity index (χ2n) is 6.43. The fraction of sp³-hybridized carbons (Fsp3) is 0.562. The van der Waals surface area contributed by atoms with Gasteiger partial charge >= 0.3 is 0 Å². The fourth-order valence-corrected chi connectivity index (χ4v) is 5.67. The molecule has 136 valence electrons. The molecule has 2 aromatic rings. The number of rotatable bonds is 5. The summed E-state index contributed by atoms with van der Waals surface area (Å²) in [6.45, 7) is 3.74. The molecule has 1 saturated heterocycles. The number of thiophene rings is 1. The summed E-state index contributed by atoms with van der Waals surface area (Å²) >= 11 is 1.38.